The normalized spacial score (nSPS) is 13.9. The predicted octanol–water partition coefficient (Wildman–Crippen LogP) is 5.55. The molecule has 214 valence electrons. The number of urea groups is 1. The first-order valence-corrected chi connectivity index (χ1v) is 14.6. The average molecular weight is 576 g/mol. The quantitative estimate of drug-likeness (QED) is 0.166. The van der Waals surface area contributed by atoms with Crippen molar-refractivity contribution < 1.29 is 19.8 Å². The first-order chi connectivity index (χ1) is 19.7. The molecule has 5 rings (SSSR count). The molecule has 1 aliphatic carbocycles. The second kappa shape index (κ2) is 11.8. The largest absolute Gasteiger partial charge is 0.477 e. The minimum atomic E-state index is -1.31. The number of amides is 2. The zero-order chi connectivity index (χ0) is 29.3. The van der Waals surface area contributed by atoms with Crippen molar-refractivity contribution >= 4 is 40.1 Å². The van der Waals surface area contributed by atoms with Crippen LogP contribution in [-0.4, -0.2) is 50.3 Å². The Morgan fingerprint density at radius 3 is 2.61 bits per heavy atom. The van der Waals surface area contributed by atoms with Crippen LogP contribution in [0.3, 0.4) is 0 Å². The highest BCUT2D eigenvalue weighted by atomic mass is 32.1. The molecule has 1 saturated carbocycles. The molecule has 0 aliphatic heterocycles. The molecule has 10 nitrogen and oxygen atoms in total. The first kappa shape index (κ1) is 28.4. The van der Waals surface area contributed by atoms with Gasteiger partial charge in [0.2, 0.25) is 5.43 Å². The van der Waals surface area contributed by atoms with E-state index in [0.29, 0.717) is 41.3 Å². The van der Waals surface area contributed by atoms with Crippen LogP contribution in [0.1, 0.15) is 73.5 Å². The molecule has 0 spiro atoms. The maximum absolute atomic E-state index is 13.2. The van der Waals surface area contributed by atoms with Gasteiger partial charge >= 0.3 is 12.0 Å². The number of nitrogens with zero attached hydrogens (tertiary/aromatic N) is 2. The third-order valence-corrected chi connectivity index (χ3v) is 8.11. The van der Waals surface area contributed by atoms with E-state index in [1.165, 1.54) is 17.5 Å². The molecular formula is C30H33N5O5S. The summed E-state index contributed by atoms with van der Waals surface area (Å²) in [6.45, 7) is 6.32. The number of pyridine rings is 2. The number of hydrogen-bond acceptors (Lipinski definition) is 7. The zero-order valence-electron chi connectivity index (χ0n) is 23.2. The molecule has 0 unspecified atom stereocenters. The monoisotopic (exact) mass is 575 g/mol. The topological polar surface area (TPSA) is 157 Å². The zero-order valence-corrected chi connectivity index (χ0v) is 24.0. The van der Waals surface area contributed by atoms with Crippen molar-refractivity contribution in [1.29, 1.82) is 0 Å². The summed E-state index contributed by atoms with van der Waals surface area (Å²) in [6, 6.07) is 4.89. The number of aromatic carboxylic acids is 1. The highest BCUT2D eigenvalue weighted by molar-refractivity contribution is 7.13. The van der Waals surface area contributed by atoms with Crippen molar-refractivity contribution in [1.82, 2.24) is 20.3 Å². The molecule has 11 heteroatoms. The maximum atomic E-state index is 13.2. The number of carbonyl (C=O) groups excluding carboxylic acids is 1. The van der Waals surface area contributed by atoms with E-state index in [4.69, 9.17) is 4.98 Å². The number of aliphatic hydroxyl groups excluding tert-OH is 1. The molecule has 3 aromatic heterocycles. The minimum absolute atomic E-state index is 0.114. The van der Waals surface area contributed by atoms with Crippen LogP contribution >= 0.6 is 11.3 Å². The summed E-state index contributed by atoms with van der Waals surface area (Å²) in [5, 5.41) is 28.5. The van der Waals surface area contributed by atoms with E-state index in [9.17, 15) is 24.6 Å². The summed E-state index contributed by atoms with van der Waals surface area (Å²) in [6.07, 6.45) is 5.74. The van der Waals surface area contributed by atoms with Gasteiger partial charge in [-0.25, -0.2) is 19.6 Å². The fourth-order valence-corrected chi connectivity index (χ4v) is 6.03. The van der Waals surface area contributed by atoms with Gasteiger partial charge in [0.05, 0.1) is 5.69 Å². The second-order valence-corrected chi connectivity index (χ2v) is 11.6. The van der Waals surface area contributed by atoms with E-state index in [2.05, 4.69) is 39.8 Å². The predicted molar refractivity (Wildman–Crippen MR) is 160 cm³/mol. The van der Waals surface area contributed by atoms with Crippen LogP contribution in [0.5, 0.6) is 0 Å². The number of carboxylic acid groups (broad SMARTS) is 1. The first-order valence-electron chi connectivity index (χ1n) is 13.7. The van der Waals surface area contributed by atoms with Gasteiger partial charge in [-0.3, -0.25) is 10.1 Å². The number of benzene rings is 1. The van der Waals surface area contributed by atoms with E-state index in [1.54, 1.807) is 18.3 Å². The van der Waals surface area contributed by atoms with E-state index < -0.39 is 11.4 Å². The van der Waals surface area contributed by atoms with Gasteiger partial charge in [-0.15, -0.1) is 11.3 Å². The van der Waals surface area contributed by atoms with Crippen LogP contribution < -0.4 is 16.1 Å². The van der Waals surface area contributed by atoms with Crippen molar-refractivity contribution in [3.8, 4) is 21.7 Å². The van der Waals surface area contributed by atoms with Crippen LogP contribution in [0.25, 0.3) is 32.6 Å². The summed E-state index contributed by atoms with van der Waals surface area (Å²) >= 11 is 1.50. The summed E-state index contributed by atoms with van der Waals surface area (Å²) < 4.78 is 0. The van der Waals surface area contributed by atoms with E-state index in [1.807, 2.05) is 13.0 Å². The van der Waals surface area contributed by atoms with Crippen LogP contribution in [0.15, 0.2) is 40.8 Å². The van der Waals surface area contributed by atoms with Crippen molar-refractivity contribution in [2.24, 2.45) is 5.92 Å². The third-order valence-electron chi connectivity index (χ3n) is 7.22. The summed E-state index contributed by atoms with van der Waals surface area (Å²) in [5.41, 5.74) is 3.40. The van der Waals surface area contributed by atoms with Crippen molar-refractivity contribution in [3.63, 3.8) is 0 Å². The minimum Gasteiger partial charge on any atom is -0.477 e. The number of carbonyl (C=O) groups is 2. The average Bonchev–Trinajstić information content (AvgIpc) is 3.67. The van der Waals surface area contributed by atoms with Gasteiger partial charge in [0.25, 0.3) is 0 Å². The van der Waals surface area contributed by atoms with Crippen molar-refractivity contribution in [2.45, 2.75) is 51.9 Å². The molecular weight excluding hydrogens is 542 g/mol. The van der Waals surface area contributed by atoms with Gasteiger partial charge in [-0.1, -0.05) is 13.8 Å². The Morgan fingerprint density at radius 1 is 1.17 bits per heavy atom. The van der Waals surface area contributed by atoms with Crippen LogP contribution in [0, 0.1) is 5.92 Å². The molecule has 0 bridgehead atoms. The van der Waals surface area contributed by atoms with E-state index in [0.717, 1.165) is 34.7 Å². The molecule has 4 aromatic rings. The number of carboxylic acids is 1. The fraction of sp³-hybridized carbons (Fsp3) is 0.367. The van der Waals surface area contributed by atoms with Crippen molar-refractivity contribution in [2.75, 3.05) is 18.5 Å². The smallest absolute Gasteiger partial charge is 0.341 e. The molecule has 0 saturated heterocycles. The number of rotatable bonds is 10. The number of aromatic amines is 1. The van der Waals surface area contributed by atoms with Crippen molar-refractivity contribution in [3.05, 3.63) is 63.0 Å². The van der Waals surface area contributed by atoms with Gasteiger partial charge in [0.15, 0.2) is 0 Å². The van der Waals surface area contributed by atoms with Gasteiger partial charge in [0.1, 0.15) is 16.4 Å². The Morgan fingerprint density at radius 2 is 1.95 bits per heavy atom. The lowest BCUT2D eigenvalue weighted by Crippen LogP contribution is -2.28. The lowest BCUT2D eigenvalue weighted by molar-refractivity contribution is 0.0695. The Labute approximate surface area is 240 Å². The number of aliphatic hydroxyl groups is 1. The highest BCUT2D eigenvalue weighted by Crippen LogP contribution is 2.44. The maximum Gasteiger partial charge on any atom is 0.341 e. The summed E-state index contributed by atoms with van der Waals surface area (Å²) in [7, 11) is 0. The highest BCUT2D eigenvalue weighted by Gasteiger charge is 2.28. The third kappa shape index (κ3) is 6.01. The summed E-state index contributed by atoms with van der Waals surface area (Å²) in [4.78, 5) is 49.6. The van der Waals surface area contributed by atoms with E-state index in [-0.39, 0.29) is 35.4 Å². The number of thiazole rings is 1. The van der Waals surface area contributed by atoms with Crippen LogP contribution in [0.2, 0.25) is 0 Å². The Bertz CT molecular complexity index is 1670. The number of anilines is 1. The number of nitrogens with one attached hydrogen (secondary N) is 3. The van der Waals surface area contributed by atoms with Gasteiger partial charge in [-0.05, 0) is 61.4 Å². The van der Waals surface area contributed by atoms with Crippen LogP contribution in [-0.2, 0) is 0 Å². The molecule has 1 atom stereocenters. The van der Waals surface area contributed by atoms with Gasteiger partial charge < -0.3 is 20.5 Å². The Balaban J connectivity index is 1.76. The fourth-order valence-electron chi connectivity index (χ4n) is 5.10. The molecule has 1 fully saturated rings. The molecule has 1 aliphatic rings. The number of fused-ring (bicyclic) bond motifs is 1. The van der Waals surface area contributed by atoms with E-state index >= 15 is 0 Å². The van der Waals surface area contributed by atoms with Crippen LogP contribution in [0.4, 0.5) is 10.6 Å². The molecule has 1 aromatic carbocycles. The molecule has 5 N–H and O–H groups in total. The number of H-pyrrole nitrogens is 1. The lowest BCUT2D eigenvalue weighted by atomic mass is 9.84. The molecule has 2 amide bonds. The Hall–Kier alpha value is -4.09. The van der Waals surface area contributed by atoms with Gasteiger partial charge in [0, 0.05) is 64.8 Å². The molecule has 0 radical (unpaired) electrons. The molecule has 3 heterocycles. The summed E-state index contributed by atoms with van der Waals surface area (Å²) in [5.74, 6) is -0.494. The second-order valence-electron chi connectivity index (χ2n) is 10.8. The molecule has 41 heavy (non-hydrogen) atoms. The number of hydrogen-bond donors (Lipinski definition) is 5. The lowest BCUT2D eigenvalue weighted by Gasteiger charge is -2.22. The SMILES string of the molecule is CCNC(=O)Nc1cc(-c2nc(C3CC3)cs2)c(-c2cc3c(=O)c(C(=O)O)c[nH]c3cc2[C@@H](CO)CC(C)C)cn1. The standard InChI is InChI=1S/C30H33N5O5S/c1-4-31-30(40)35-26-10-20(28-34-25(14-41-28)16-5-6-16)22(11-33-26)19-8-21-24(32-12-23(27(21)37)29(38)39)9-18(19)17(13-36)7-15(2)3/h8-12,14-17,36H,4-7,13H2,1-3H3,(H,32,37)(H,38,39)(H2,31,33,35,40)/t17-/m1/s1. The van der Waals surface area contributed by atoms with Gasteiger partial charge in [-0.2, -0.15) is 0 Å². The Kier molecular flexibility index (Phi) is 8.18. The number of aromatic nitrogens is 3.